The number of rotatable bonds is 16. The van der Waals surface area contributed by atoms with Gasteiger partial charge in [-0.1, -0.05) is 78.6 Å². The van der Waals surface area contributed by atoms with Crippen LogP contribution in [0.5, 0.6) is 23.0 Å². The molecule has 4 aromatic rings. The highest BCUT2D eigenvalue weighted by Gasteiger charge is 2.61. The van der Waals surface area contributed by atoms with Crippen molar-refractivity contribution < 1.29 is 38.7 Å². The number of carboxylic acid groups (broad SMARTS) is 2. The fraction of sp³-hybridized carbons (Fsp3) is 0.567. The van der Waals surface area contributed by atoms with E-state index in [-0.39, 0.29) is 33.5 Å². The number of aliphatic carboxylic acids is 2. The molecule has 0 saturated heterocycles. The van der Waals surface area contributed by atoms with Crippen LogP contribution < -0.4 is 18.9 Å². The van der Waals surface area contributed by atoms with E-state index in [4.69, 9.17) is 18.9 Å². The maximum Gasteiger partial charge on any atom is 0.307 e. The monoisotopic (exact) mass is 925 g/mol. The molecule has 8 nitrogen and oxygen atoms in total. The zero-order valence-electron chi connectivity index (χ0n) is 41.7. The molecule has 10 rings (SSSR count). The first-order valence-electron chi connectivity index (χ1n) is 26.2. The van der Waals surface area contributed by atoms with Gasteiger partial charge in [0.25, 0.3) is 0 Å². The Balaban J connectivity index is 0.000000170. The third kappa shape index (κ3) is 9.64. The van der Waals surface area contributed by atoms with E-state index in [9.17, 15) is 19.8 Å². The maximum atomic E-state index is 11.7. The Morgan fingerprint density at radius 3 is 1.32 bits per heavy atom. The van der Waals surface area contributed by atoms with Gasteiger partial charge >= 0.3 is 11.9 Å². The van der Waals surface area contributed by atoms with Gasteiger partial charge in [0.2, 0.25) is 0 Å². The van der Waals surface area contributed by atoms with Gasteiger partial charge in [-0.15, -0.1) is 0 Å². The second kappa shape index (κ2) is 19.4. The molecule has 0 radical (unpaired) electrons. The van der Waals surface area contributed by atoms with Crippen molar-refractivity contribution in [2.75, 3.05) is 13.2 Å². The summed E-state index contributed by atoms with van der Waals surface area (Å²) in [5.41, 5.74) is 10.2. The minimum absolute atomic E-state index is 0.168. The molecule has 0 unspecified atom stereocenters. The molecule has 8 heteroatoms. The molecule has 6 aliphatic carbocycles. The van der Waals surface area contributed by atoms with Gasteiger partial charge in [0, 0.05) is 10.8 Å². The number of aryl methyl sites for hydroxylation is 2. The molecule has 0 amide bonds. The molecule has 6 aliphatic rings. The Labute approximate surface area is 405 Å². The number of carboxylic acids is 2. The molecule has 6 atom stereocenters. The van der Waals surface area contributed by atoms with Gasteiger partial charge in [-0.3, -0.25) is 9.59 Å². The second-order valence-corrected chi connectivity index (χ2v) is 22.7. The van der Waals surface area contributed by atoms with Gasteiger partial charge in [-0.25, -0.2) is 0 Å². The second-order valence-electron chi connectivity index (χ2n) is 22.7. The summed E-state index contributed by atoms with van der Waals surface area (Å²) in [6.45, 7) is 16.3. The predicted molar refractivity (Wildman–Crippen MR) is 267 cm³/mol. The van der Waals surface area contributed by atoms with Crippen LogP contribution in [0.1, 0.15) is 188 Å². The first-order chi connectivity index (χ1) is 32.7. The average molecular weight is 925 g/mol. The van der Waals surface area contributed by atoms with E-state index in [2.05, 4.69) is 114 Å². The van der Waals surface area contributed by atoms with E-state index in [1.807, 2.05) is 0 Å². The Morgan fingerprint density at radius 1 is 0.544 bits per heavy atom. The highest BCUT2D eigenvalue weighted by molar-refractivity contribution is 5.78. The summed E-state index contributed by atoms with van der Waals surface area (Å²) in [4.78, 5) is 23.4. The van der Waals surface area contributed by atoms with Gasteiger partial charge in [0.05, 0.1) is 25.0 Å². The molecule has 4 fully saturated rings. The van der Waals surface area contributed by atoms with Gasteiger partial charge in [0.1, 0.15) is 36.2 Å². The lowest BCUT2D eigenvalue weighted by Crippen LogP contribution is -2.21. The third-order valence-corrected chi connectivity index (χ3v) is 17.3. The molecule has 2 N–H and O–H groups in total. The van der Waals surface area contributed by atoms with E-state index in [0.717, 1.165) is 112 Å². The van der Waals surface area contributed by atoms with Crippen molar-refractivity contribution in [2.24, 2.45) is 22.7 Å². The van der Waals surface area contributed by atoms with E-state index in [0.29, 0.717) is 25.0 Å². The molecule has 0 aliphatic heterocycles. The van der Waals surface area contributed by atoms with Crippen molar-refractivity contribution in [1.82, 2.24) is 0 Å². The number of hydrogen-bond acceptors (Lipinski definition) is 6. The van der Waals surface area contributed by atoms with Gasteiger partial charge in [-0.05, 0) is 206 Å². The molecule has 0 aromatic heterocycles. The zero-order chi connectivity index (χ0) is 47.8. The van der Waals surface area contributed by atoms with Crippen molar-refractivity contribution >= 4 is 11.9 Å². The Bertz CT molecular complexity index is 2310. The van der Waals surface area contributed by atoms with Crippen LogP contribution in [0.3, 0.4) is 0 Å². The Hall–Kier alpha value is -4.98. The maximum absolute atomic E-state index is 11.7. The van der Waals surface area contributed by atoms with Crippen molar-refractivity contribution in [2.45, 2.75) is 180 Å². The highest BCUT2D eigenvalue weighted by atomic mass is 16.5. The lowest BCUT2D eigenvalue weighted by molar-refractivity contribution is -0.140. The lowest BCUT2D eigenvalue weighted by atomic mass is 9.77. The number of benzene rings is 4. The van der Waals surface area contributed by atoms with Crippen LogP contribution in [0.4, 0.5) is 0 Å². The molecule has 364 valence electrons. The number of carbonyl (C=O) groups is 2. The molecular formula is C60H76O8. The van der Waals surface area contributed by atoms with Crippen molar-refractivity contribution in [3.05, 3.63) is 117 Å². The quantitative estimate of drug-likeness (QED) is 0.114. The van der Waals surface area contributed by atoms with Crippen molar-refractivity contribution in [1.29, 1.82) is 0 Å². The van der Waals surface area contributed by atoms with Crippen LogP contribution >= 0.6 is 0 Å². The number of hydrogen-bond donors (Lipinski definition) is 2. The molecule has 0 heterocycles. The number of fused-ring (bicyclic) bond motifs is 4. The summed E-state index contributed by atoms with van der Waals surface area (Å²) >= 11 is 0. The minimum Gasteiger partial charge on any atom is -0.493 e. The van der Waals surface area contributed by atoms with Crippen LogP contribution in [-0.2, 0) is 46.5 Å². The molecule has 4 saturated carbocycles. The summed E-state index contributed by atoms with van der Waals surface area (Å²) in [5, 5.41) is 19.2. The molecule has 68 heavy (non-hydrogen) atoms. The topological polar surface area (TPSA) is 112 Å². The van der Waals surface area contributed by atoms with E-state index >= 15 is 0 Å². The normalized spacial score (nSPS) is 26.8. The molecular weight excluding hydrogens is 849 g/mol. The standard InChI is InChI=1S/2C30H38O4/c2*1-4-15-33-27-12-9-20(16-23(27)24-8-6-13-29(24,2)3)19-34-22-11-10-21-7-5-14-30(25(21)17-22)18-26(30)28(31)32/h2*9-12,16-17,24,26H,4-8,13-15,18-19H2,1-3H3,(H,31,32)/t24-,26+,30+;24-,26-,30-/m00/s1. The average Bonchev–Trinajstić information content (AvgIpc) is 4.16. The van der Waals surface area contributed by atoms with E-state index in [1.165, 1.54) is 71.9 Å². The van der Waals surface area contributed by atoms with Gasteiger partial charge in [0.15, 0.2) is 0 Å². The molecule has 0 bridgehead atoms. The van der Waals surface area contributed by atoms with Crippen LogP contribution in [0.15, 0.2) is 72.8 Å². The third-order valence-electron chi connectivity index (χ3n) is 17.3. The Kier molecular flexibility index (Phi) is 13.7. The highest BCUT2D eigenvalue weighted by Crippen LogP contribution is 2.62. The van der Waals surface area contributed by atoms with Crippen molar-refractivity contribution in [3.8, 4) is 23.0 Å². The largest absolute Gasteiger partial charge is 0.493 e. The predicted octanol–water partition coefficient (Wildman–Crippen LogP) is 14.1. The van der Waals surface area contributed by atoms with Crippen LogP contribution in [0.2, 0.25) is 0 Å². The summed E-state index contributed by atoms with van der Waals surface area (Å²) in [6, 6.07) is 25.7. The lowest BCUT2D eigenvalue weighted by Gasteiger charge is -2.29. The van der Waals surface area contributed by atoms with Crippen LogP contribution in [-0.4, -0.2) is 35.4 Å². The summed E-state index contributed by atoms with van der Waals surface area (Å²) in [6.07, 6.45) is 17.1. The first-order valence-corrected chi connectivity index (χ1v) is 26.2. The SMILES string of the molecule is CCCOc1ccc(COc2ccc3c(c2)[C@@]2(CCC3)C[C@@H]2C(=O)O)cc1[C@@H]1CCCC1(C)C.CCCOc1ccc(COc2ccc3c(c2)[C@]2(CCC3)C[C@H]2C(=O)O)cc1[C@@H]1CCCC1(C)C. The summed E-state index contributed by atoms with van der Waals surface area (Å²) in [5.74, 6) is 2.93. The fourth-order valence-corrected chi connectivity index (χ4v) is 13.3. The smallest absolute Gasteiger partial charge is 0.307 e. The fourth-order valence-electron chi connectivity index (χ4n) is 13.3. The van der Waals surface area contributed by atoms with E-state index in [1.54, 1.807) is 0 Å². The summed E-state index contributed by atoms with van der Waals surface area (Å²) in [7, 11) is 0. The number of ether oxygens (including phenoxy) is 4. The minimum atomic E-state index is -0.660. The first kappa shape index (κ1) is 48.1. The Morgan fingerprint density at radius 2 is 0.971 bits per heavy atom. The molecule has 2 spiro atoms. The van der Waals surface area contributed by atoms with Crippen LogP contribution in [0, 0.1) is 22.7 Å². The van der Waals surface area contributed by atoms with Gasteiger partial charge < -0.3 is 29.2 Å². The van der Waals surface area contributed by atoms with E-state index < -0.39 is 11.9 Å². The zero-order valence-corrected chi connectivity index (χ0v) is 41.7. The van der Waals surface area contributed by atoms with Gasteiger partial charge in [-0.2, -0.15) is 0 Å². The molecule has 4 aromatic carbocycles. The summed E-state index contributed by atoms with van der Waals surface area (Å²) < 4.78 is 24.8. The van der Waals surface area contributed by atoms with Crippen LogP contribution in [0.25, 0.3) is 0 Å². The van der Waals surface area contributed by atoms with Crippen molar-refractivity contribution in [3.63, 3.8) is 0 Å².